The Hall–Kier alpha value is -0.830. The number of hydrogen-bond donors (Lipinski definition) is 1. The van der Waals surface area contributed by atoms with Crippen LogP contribution < -0.4 is 0 Å². The standard InChI is InChI=1S/C8H13NO2/c1-6-4-9(3)5-8(6,2)7(10)11/h1,4-5H2,2-3H3,(H,10,11). The predicted octanol–water partition coefficient (Wildman–Crippen LogP) is 0.579. The smallest absolute Gasteiger partial charge is 0.314 e. The third-order valence-corrected chi connectivity index (χ3v) is 2.30. The van der Waals surface area contributed by atoms with Crippen LogP contribution in [0.5, 0.6) is 0 Å². The minimum Gasteiger partial charge on any atom is -0.481 e. The molecule has 0 saturated carbocycles. The van der Waals surface area contributed by atoms with Crippen molar-refractivity contribution in [3.63, 3.8) is 0 Å². The number of carbonyl (C=O) groups is 1. The molecule has 1 rings (SSSR count). The number of nitrogens with zero attached hydrogens (tertiary/aromatic N) is 1. The van der Waals surface area contributed by atoms with E-state index in [-0.39, 0.29) is 0 Å². The average molecular weight is 155 g/mol. The van der Waals surface area contributed by atoms with Crippen molar-refractivity contribution in [2.24, 2.45) is 5.41 Å². The van der Waals surface area contributed by atoms with Crippen molar-refractivity contribution in [3.05, 3.63) is 12.2 Å². The van der Waals surface area contributed by atoms with Crippen LogP contribution >= 0.6 is 0 Å². The first kappa shape index (κ1) is 8.27. The molecule has 0 aromatic rings. The van der Waals surface area contributed by atoms with Gasteiger partial charge in [-0.05, 0) is 19.5 Å². The molecule has 0 amide bonds. The van der Waals surface area contributed by atoms with Crippen molar-refractivity contribution in [2.75, 3.05) is 20.1 Å². The lowest BCUT2D eigenvalue weighted by Gasteiger charge is -2.18. The fraction of sp³-hybridized carbons (Fsp3) is 0.625. The normalized spacial score (nSPS) is 32.7. The second-order valence-electron chi connectivity index (χ2n) is 3.41. The highest BCUT2D eigenvalue weighted by molar-refractivity contribution is 5.79. The minimum absolute atomic E-state index is 0.571. The van der Waals surface area contributed by atoms with E-state index in [1.807, 2.05) is 11.9 Å². The Morgan fingerprint density at radius 2 is 2.36 bits per heavy atom. The van der Waals surface area contributed by atoms with Crippen molar-refractivity contribution in [1.82, 2.24) is 4.90 Å². The molecule has 1 heterocycles. The van der Waals surface area contributed by atoms with Crippen LogP contribution in [-0.4, -0.2) is 36.1 Å². The van der Waals surface area contributed by atoms with Gasteiger partial charge >= 0.3 is 5.97 Å². The van der Waals surface area contributed by atoms with E-state index < -0.39 is 11.4 Å². The summed E-state index contributed by atoms with van der Waals surface area (Å²) in [6.07, 6.45) is 0. The molecule has 1 saturated heterocycles. The van der Waals surface area contributed by atoms with Crippen LogP contribution in [0, 0.1) is 5.41 Å². The van der Waals surface area contributed by atoms with Crippen molar-refractivity contribution >= 4 is 5.97 Å². The lowest BCUT2D eigenvalue weighted by molar-refractivity contribution is -0.145. The van der Waals surface area contributed by atoms with Gasteiger partial charge in [-0.2, -0.15) is 0 Å². The van der Waals surface area contributed by atoms with E-state index in [0.717, 1.165) is 5.57 Å². The maximum atomic E-state index is 10.8. The number of rotatable bonds is 1. The average Bonchev–Trinajstić information content (AvgIpc) is 2.08. The van der Waals surface area contributed by atoms with E-state index in [1.165, 1.54) is 0 Å². The highest BCUT2D eigenvalue weighted by atomic mass is 16.4. The van der Waals surface area contributed by atoms with E-state index >= 15 is 0 Å². The van der Waals surface area contributed by atoms with Gasteiger partial charge in [0.05, 0.1) is 5.41 Å². The first-order valence-corrected chi connectivity index (χ1v) is 3.57. The molecule has 1 aliphatic rings. The molecule has 0 radical (unpaired) electrons. The maximum Gasteiger partial charge on any atom is 0.314 e. The third kappa shape index (κ3) is 1.16. The Labute approximate surface area is 66.3 Å². The van der Waals surface area contributed by atoms with Crippen LogP contribution in [-0.2, 0) is 4.79 Å². The number of likely N-dealkylation sites (N-methyl/N-ethyl adjacent to an activating group) is 1. The molecular formula is C8H13NO2. The molecule has 0 bridgehead atoms. The summed E-state index contributed by atoms with van der Waals surface area (Å²) in [4.78, 5) is 12.8. The number of aliphatic carboxylic acids is 1. The highest BCUT2D eigenvalue weighted by Crippen LogP contribution is 2.33. The van der Waals surface area contributed by atoms with Crippen molar-refractivity contribution in [2.45, 2.75) is 6.92 Å². The first-order valence-electron chi connectivity index (χ1n) is 3.57. The molecule has 0 aliphatic carbocycles. The monoisotopic (exact) mass is 155 g/mol. The largest absolute Gasteiger partial charge is 0.481 e. The molecule has 1 N–H and O–H groups in total. The molecule has 3 heteroatoms. The van der Waals surface area contributed by atoms with Gasteiger partial charge in [-0.15, -0.1) is 0 Å². The van der Waals surface area contributed by atoms with Gasteiger partial charge in [0.2, 0.25) is 0 Å². The molecule has 11 heavy (non-hydrogen) atoms. The maximum absolute atomic E-state index is 10.8. The lowest BCUT2D eigenvalue weighted by Crippen LogP contribution is -2.31. The van der Waals surface area contributed by atoms with Crippen LogP contribution in [0.2, 0.25) is 0 Å². The zero-order chi connectivity index (χ0) is 8.65. The van der Waals surface area contributed by atoms with Crippen LogP contribution in [0.4, 0.5) is 0 Å². The number of hydrogen-bond acceptors (Lipinski definition) is 2. The quantitative estimate of drug-likeness (QED) is 0.563. The topological polar surface area (TPSA) is 40.5 Å². The Balaban J connectivity index is 2.88. The van der Waals surface area contributed by atoms with Gasteiger partial charge in [-0.25, -0.2) is 0 Å². The van der Waals surface area contributed by atoms with Crippen molar-refractivity contribution in [3.8, 4) is 0 Å². The van der Waals surface area contributed by atoms with E-state index in [1.54, 1.807) is 6.92 Å². The van der Waals surface area contributed by atoms with E-state index in [2.05, 4.69) is 6.58 Å². The lowest BCUT2D eigenvalue weighted by atomic mass is 9.86. The van der Waals surface area contributed by atoms with Crippen LogP contribution in [0.15, 0.2) is 12.2 Å². The molecule has 0 spiro atoms. The Bertz CT molecular complexity index is 212. The Morgan fingerprint density at radius 3 is 2.55 bits per heavy atom. The van der Waals surface area contributed by atoms with Gasteiger partial charge in [0, 0.05) is 13.1 Å². The predicted molar refractivity (Wildman–Crippen MR) is 42.4 cm³/mol. The molecule has 1 fully saturated rings. The second-order valence-corrected chi connectivity index (χ2v) is 3.41. The van der Waals surface area contributed by atoms with Gasteiger partial charge in [0.1, 0.15) is 0 Å². The summed E-state index contributed by atoms with van der Waals surface area (Å²) in [6, 6.07) is 0. The van der Waals surface area contributed by atoms with Gasteiger partial charge in [0.25, 0.3) is 0 Å². The van der Waals surface area contributed by atoms with Crippen LogP contribution in [0.3, 0.4) is 0 Å². The summed E-state index contributed by atoms with van der Waals surface area (Å²) in [5.41, 5.74) is 0.0712. The third-order valence-electron chi connectivity index (χ3n) is 2.30. The summed E-state index contributed by atoms with van der Waals surface area (Å²) in [6.45, 7) is 6.75. The van der Waals surface area contributed by atoms with Gasteiger partial charge in [-0.1, -0.05) is 6.58 Å². The molecule has 1 unspecified atom stereocenters. The van der Waals surface area contributed by atoms with Crippen molar-refractivity contribution in [1.29, 1.82) is 0 Å². The molecule has 1 aliphatic heterocycles. The summed E-state index contributed by atoms with van der Waals surface area (Å²) in [5.74, 6) is -0.771. The van der Waals surface area contributed by atoms with Gasteiger partial charge in [0.15, 0.2) is 0 Å². The number of likely N-dealkylation sites (tertiary alicyclic amines) is 1. The Kier molecular flexibility index (Phi) is 1.76. The fourth-order valence-electron chi connectivity index (χ4n) is 1.43. The molecule has 3 nitrogen and oxygen atoms in total. The molecular weight excluding hydrogens is 142 g/mol. The summed E-state index contributed by atoms with van der Waals surface area (Å²) in [7, 11) is 1.90. The summed E-state index contributed by atoms with van der Waals surface area (Å²) < 4.78 is 0. The van der Waals surface area contributed by atoms with Crippen LogP contribution in [0.1, 0.15) is 6.92 Å². The molecule has 1 atom stereocenters. The first-order chi connectivity index (χ1) is 4.97. The summed E-state index contributed by atoms with van der Waals surface area (Å²) in [5, 5.41) is 8.87. The van der Waals surface area contributed by atoms with Crippen LogP contribution in [0.25, 0.3) is 0 Å². The van der Waals surface area contributed by atoms with E-state index in [4.69, 9.17) is 5.11 Å². The van der Waals surface area contributed by atoms with Crippen molar-refractivity contribution < 1.29 is 9.90 Å². The van der Waals surface area contributed by atoms with Gasteiger partial charge in [-0.3, -0.25) is 4.79 Å². The number of carboxylic acid groups (broad SMARTS) is 1. The van der Waals surface area contributed by atoms with Gasteiger partial charge < -0.3 is 10.0 Å². The molecule has 0 aromatic carbocycles. The SMILES string of the molecule is C=C1CN(C)CC1(C)C(=O)O. The fourth-order valence-corrected chi connectivity index (χ4v) is 1.43. The zero-order valence-corrected chi connectivity index (χ0v) is 6.92. The molecule has 62 valence electrons. The molecule has 0 aromatic heterocycles. The number of carboxylic acids is 1. The second kappa shape index (κ2) is 2.34. The Morgan fingerprint density at radius 1 is 1.82 bits per heavy atom. The van der Waals surface area contributed by atoms with E-state index in [9.17, 15) is 4.79 Å². The van der Waals surface area contributed by atoms with E-state index in [0.29, 0.717) is 13.1 Å². The highest BCUT2D eigenvalue weighted by Gasteiger charge is 2.42. The zero-order valence-electron chi connectivity index (χ0n) is 6.92. The summed E-state index contributed by atoms with van der Waals surface area (Å²) >= 11 is 0. The minimum atomic E-state index is -0.771.